The van der Waals surface area contributed by atoms with Crippen LogP contribution >= 0.6 is 33.9 Å². The first-order valence-electron chi connectivity index (χ1n) is 4.79. The van der Waals surface area contributed by atoms with E-state index in [1.165, 1.54) is 11.3 Å². The fourth-order valence-corrected chi connectivity index (χ4v) is 2.44. The highest BCUT2D eigenvalue weighted by atomic mass is 127. The van der Waals surface area contributed by atoms with Gasteiger partial charge in [0.2, 0.25) is 5.95 Å². The van der Waals surface area contributed by atoms with Crippen molar-refractivity contribution in [1.29, 1.82) is 0 Å². The lowest BCUT2D eigenvalue weighted by Gasteiger charge is -2.03. The highest BCUT2D eigenvalue weighted by Gasteiger charge is 2.10. The number of thiophene rings is 1. The first kappa shape index (κ1) is 12.4. The molecule has 1 N–H and O–H groups in total. The van der Waals surface area contributed by atoms with Gasteiger partial charge in [-0.15, -0.1) is 16.4 Å². The Kier molecular flexibility index (Phi) is 3.67. The molecule has 0 aliphatic rings. The van der Waals surface area contributed by atoms with Crippen LogP contribution in [0, 0.1) is 16.7 Å². The predicted octanol–water partition coefficient (Wildman–Crippen LogP) is 2.41. The molecular formula is C10H9IN4OS. The van der Waals surface area contributed by atoms with Crippen molar-refractivity contribution in [2.75, 3.05) is 5.32 Å². The molecule has 1 amide bonds. The van der Waals surface area contributed by atoms with Gasteiger partial charge < -0.3 is 0 Å². The van der Waals surface area contributed by atoms with Crippen LogP contribution in [0.25, 0.3) is 0 Å². The summed E-state index contributed by atoms with van der Waals surface area (Å²) in [6.07, 6.45) is 0. The number of rotatable bonds is 2. The molecule has 5 nitrogen and oxygen atoms in total. The Morgan fingerprint density at radius 1 is 1.35 bits per heavy atom. The first-order valence-corrected chi connectivity index (χ1v) is 6.75. The fraction of sp³-hybridized carbons (Fsp3) is 0.200. The van der Waals surface area contributed by atoms with Crippen LogP contribution in [0.2, 0.25) is 0 Å². The molecular weight excluding hydrogens is 351 g/mol. The van der Waals surface area contributed by atoms with Crippen molar-refractivity contribution in [2.24, 2.45) is 0 Å². The number of hydrogen-bond donors (Lipinski definition) is 1. The van der Waals surface area contributed by atoms with Crippen LogP contribution in [-0.2, 0) is 0 Å². The lowest BCUT2D eigenvalue weighted by atomic mass is 10.3. The molecule has 2 rings (SSSR count). The van der Waals surface area contributed by atoms with Gasteiger partial charge in [-0.05, 0) is 42.5 Å². The van der Waals surface area contributed by atoms with Gasteiger partial charge in [0.15, 0.2) is 0 Å². The van der Waals surface area contributed by atoms with E-state index in [4.69, 9.17) is 0 Å². The third-order valence-electron chi connectivity index (χ3n) is 2.15. The van der Waals surface area contributed by atoms with E-state index in [0.29, 0.717) is 5.56 Å². The summed E-state index contributed by atoms with van der Waals surface area (Å²) in [7, 11) is 0. The van der Waals surface area contributed by atoms with Gasteiger partial charge in [0.1, 0.15) is 0 Å². The van der Waals surface area contributed by atoms with Gasteiger partial charge in [-0.25, -0.2) is 4.98 Å². The maximum Gasteiger partial charge on any atom is 0.258 e. The lowest BCUT2D eigenvalue weighted by molar-refractivity contribution is 0.102. The SMILES string of the molecule is Cc1nnc(NC(=O)c2csc(I)c2)nc1C. The standard InChI is InChI=1S/C10H9IN4OS/c1-5-6(2)14-15-10(12-5)13-9(16)7-3-8(11)17-4-7/h3-4H,1-2H3,(H,12,13,15,16). The maximum absolute atomic E-state index is 11.8. The van der Waals surface area contributed by atoms with E-state index >= 15 is 0 Å². The number of halogens is 1. The second-order valence-electron chi connectivity index (χ2n) is 3.40. The summed E-state index contributed by atoms with van der Waals surface area (Å²) in [4.78, 5) is 15.9. The Morgan fingerprint density at radius 2 is 2.12 bits per heavy atom. The van der Waals surface area contributed by atoms with Gasteiger partial charge in [0, 0.05) is 5.38 Å². The molecule has 0 unspecified atom stereocenters. The maximum atomic E-state index is 11.8. The average molecular weight is 360 g/mol. The molecule has 0 fully saturated rings. The van der Waals surface area contributed by atoms with Crippen molar-refractivity contribution >= 4 is 45.8 Å². The molecule has 0 bridgehead atoms. The summed E-state index contributed by atoms with van der Waals surface area (Å²) in [6.45, 7) is 3.65. The summed E-state index contributed by atoms with van der Waals surface area (Å²) >= 11 is 3.69. The van der Waals surface area contributed by atoms with Crippen molar-refractivity contribution < 1.29 is 4.79 Å². The van der Waals surface area contributed by atoms with Crippen molar-refractivity contribution in [1.82, 2.24) is 15.2 Å². The second kappa shape index (κ2) is 5.05. The Balaban J connectivity index is 2.15. The second-order valence-corrected chi connectivity index (χ2v) is 6.21. The highest BCUT2D eigenvalue weighted by Crippen LogP contribution is 2.17. The van der Waals surface area contributed by atoms with Crippen molar-refractivity contribution in [3.8, 4) is 0 Å². The van der Waals surface area contributed by atoms with Gasteiger partial charge in [0.25, 0.3) is 5.91 Å². The largest absolute Gasteiger partial charge is 0.289 e. The molecule has 7 heteroatoms. The molecule has 0 spiro atoms. The van der Waals surface area contributed by atoms with Crippen molar-refractivity contribution in [3.63, 3.8) is 0 Å². The average Bonchev–Trinajstić information content (AvgIpc) is 2.70. The Hall–Kier alpha value is -1.09. The minimum absolute atomic E-state index is 0.214. The molecule has 0 radical (unpaired) electrons. The number of carbonyl (C=O) groups is 1. The van der Waals surface area contributed by atoms with E-state index in [0.717, 1.165) is 14.3 Å². The first-order chi connectivity index (χ1) is 8.06. The van der Waals surface area contributed by atoms with Crippen molar-refractivity contribution in [2.45, 2.75) is 13.8 Å². The molecule has 0 aromatic carbocycles. The molecule has 0 atom stereocenters. The number of aryl methyl sites for hydroxylation is 2. The summed E-state index contributed by atoms with van der Waals surface area (Å²) in [5.41, 5.74) is 2.13. The molecule has 2 aromatic heterocycles. The van der Waals surface area contributed by atoms with Gasteiger partial charge >= 0.3 is 0 Å². The molecule has 2 aromatic rings. The normalized spacial score (nSPS) is 10.3. The van der Waals surface area contributed by atoms with Gasteiger partial charge in [-0.3, -0.25) is 10.1 Å². The summed E-state index contributed by atoms with van der Waals surface area (Å²) in [6, 6.07) is 1.81. The smallest absolute Gasteiger partial charge is 0.258 e. The molecule has 0 saturated heterocycles. The minimum atomic E-state index is -0.214. The highest BCUT2D eigenvalue weighted by molar-refractivity contribution is 14.1. The predicted molar refractivity (Wildman–Crippen MR) is 74.3 cm³/mol. The Morgan fingerprint density at radius 3 is 2.71 bits per heavy atom. The number of aromatic nitrogens is 3. The summed E-state index contributed by atoms with van der Waals surface area (Å²) < 4.78 is 1.06. The summed E-state index contributed by atoms with van der Waals surface area (Å²) in [5, 5.41) is 12.1. The molecule has 2 heterocycles. The third-order valence-corrected chi connectivity index (χ3v) is 3.94. The van der Waals surface area contributed by atoms with E-state index in [-0.39, 0.29) is 11.9 Å². The van der Waals surface area contributed by atoms with E-state index in [2.05, 4.69) is 43.1 Å². The number of amides is 1. The van der Waals surface area contributed by atoms with Gasteiger partial charge in [-0.2, -0.15) is 5.10 Å². The third kappa shape index (κ3) is 2.97. The van der Waals surface area contributed by atoms with Crippen LogP contribution in [0.1, 0.15) is 21.7 Å². The number of anilines is 1. The fourth-order valence-electron chi connectivity index (χ4n) is 1.11. The van der Waals surface area contributed by atoms with Crippen LogP contribution in [0.15, 0.2) is 11.4 Å². The van der Waals surface area contributed by atoms with Crippen LogP contribution in [-0.4, -0.2) is 21.1 Å². The molecule has 17 heavy (non-hydrogen) atoms. The minimum Gasteiger partial charge on any atom is -0.289 e. The number of carbonyl (C=O) groups excluding carboxylic acids is 1. The monoisotopic (exact) mass is 360 g/mol. The van der Waals surface area contributed by atoms with Gasteiger partial charge in [0.05, 0.1) is 19.8 Å². The van der Waals surface area contributed by atoms with Crippen LogP contribution < -0.4 is 5.32 Å². The van der Waals surface area contributed by atoms with Crippen LogP contribution in [0.3, 0.4) is 0 Å². The van der Waals surface area contributed by atoms with Crippen LogP contribution in [0.5, 0.6) is 0 Å². The zero-order valence-corrected chi connectivity index (χ0v) is 12.2. The number of nitrogens with one attached hydrogen (secondary N) is 1. The molecule has 0 aliphatic carbocycles. The number of nitrogens with zero attached hydrogens (tertiary/aromatic N) is 3. The Bertz CT molecular complexity index is 569. The summed E-state index contributed by atoms with van der Waals surface area (Å²) in [5.74, 6) is 0.0218. The lowest BCUT2D eigenvalue weighted by Crippen LogP contribution is -2.14. The molecule has 0 aliphatic heterocycles. The quantitative estimate of drug-likeness (QED) is 0.836. The van der Waals surface area contributed by atoms with E-state index < -0.39 is 0 Å². The zero-order valence-electron chi connectivity index (χ0n) is 9.19. The van der Waals surface area contributed by atoms with Crippen LogP contribution in [0.4, 0.5) is 5.95 Å². The van der Waals surface area contributed by atoms with E-state index in [9.17, 15) is 4.79 Å². The van der Waals surface area contributed by atoms with E-state index in [1.54, 1.807) is 5.38 Å². The van der Waals surface area contributed by atoms with Gasteiger partial charge in [-0.1, -0.05) is 0 Å². The molecule has 0 saturated carbocycles. The number of hydrogen-bond acceptors (Lipinski definition) is 5. The molecule has 88 valence electrons. The van der Waals surface area contributed by atoms with Crippen molar-refractivity contribution in [3.05, 3.63) is 31.3 Å². The Labute approximate surface area is 116 Å². The zero-order chi connectivity index (χ0) is 12.4. The van der Waals surface area contributed by atoms with E-state index in [1.807, 2.05) is 19.9 Å². The topological polar surface area (TPSA) is 67.8 Å².